The molecule has 2 saturated heterocycles. The largest absolute Gasteiger partial charge is 0.383 e. The van der Waals surface area contributed by atoms with Crippen LogP contribution >= 0.6 is 0 Å². The van der Waals surface area contributed by atoms with Gasteiger partial charge in [0.1, 0.15) is 0 Å². The van der Waals surface area contributed by atoms with Crippen molar-refractivity contribution >= 4 is 5.91 Å². The number of methoxy groups -OCH3 is 1. The first-order valence-corrected chi connectivity index (χ1v) is 7.96. The predicted molar refractivity (Wildman–Crippen MR) is 79.7 cm³/mol. The Hall–Kier alpha value is -0.650. The van der Waals surface area contributed by atoms with Crippen LogP contribution in [0.3, 0.4) is 0 Å². The second-order valence-corrected chi connectivity index (χ2v) is 6.06. The average molecular weight is 283 g/mol. The first kappa shape index (κ1) is 15.7. The van der Waals surface area contributed by atoms with Gasteiger partial charge in [-0.3, -0.25) is 9.69 Å². The van der Waals surface area contributed by atoms with Crippen LogP contribution in [-0.2, 0) is 9.53 Å². The topological polar surface area (TPSA) is 53.6 Å². The molecule has 0 saturated carbocycles. The van der Waals surface area contributed by atoms with Gasteiger partial charge in [-0.2, -0.15) is 0 Å². The van der Waals surface area contributed by atoms with Gasteiger partial charge in [0.15, 0.2) is 0 Å². The van der Waals surface area contributed by atoms with Crippen LogP contribution < -0.4 is 10.6 Å². The summed E-state index contributed by atoms with van der Waals surface area (Å²) in [5.41, 5.74) is 0. The van der Waals surface area contributed by atoms with Gasteiger partial charge in [0, 0.05) is 26.2 Å². The monoisotopic (exact) mass is 283 g/mol. The lowest BCUT2D eigenvalue weighted by Crippen LogP contribution is -2.52. The minimum atomic E-state index is -0.0314. The van der Waals surface area contributed by atoms with Gasteiger partial charge in [0.05, 0.1) is 12.6 Å². The maximum atomic E-state index is 12.1. The summed E-state index contributed by atoms with van der Waals surface area (Å²) in [7, 11) is 1.65. The molecule has 0 aromatic rings. The Morgan fingerprint density at radius 3 is 3.00 bits per heavy atom. The predicted octanol–water partition coefficient (Wildman–Crippen LogP) is 0.602. The van der Waals surface area contributed by atoms with E-state index in [0.29, 0.717) is 25.1 Å². The lowest BCUT2D eigenvalue weighted by atomic mass is 9.89. The molecule has 2 rings (SSSR count). The Morgan fingerprint density at radius 1 is 1.45 bits per heavy atom. The quantitative estimate of drug-likeness (QED) is 0.701. The standard InChI is InChI=1S/C15H29N3O2/c1-12(15(19)17-8-10-20-2)18-9-4-5-13(11-18)14-6-3-7-16-14/h12-14,16H,3-11H2,1-2H3,(H,17,19). The molecule has 0 bridgehead atoms. The van der Waals surface area contributed by atoms with Crippen molar-refractivity contribution in [3.63, 3.8) is 0 Å². The van der Waals surface area contributed by atoms with Crippen LogP contribution in [0.1, 0.15) is 32.6 Å². The smallest absolute Gasteiger partial charge is 0.237 e. The third-order valence-corrected chi connectivity index (χ3v) is 4.69. The Bertz CT molecular complexity index is 305. The molecule has 0 radical (unpaired) electrons. The van der Waals surface area contributed by atoms with E-state index >= 15 is 0 Å². The van der Waals surface area contributed by atoms with Crippen molar-refractivity contribution in [2.24, 2.45) is 5.92 Å². The molecule has 3 atom stereocenters. The zero-order chi connectivity index (χ0) is 14.4. The fourth-order valence-corrected chi connectivity index (χ4v) is 3.42. The van der Waals surface area contributed by atoms with Crippen molar-refractivity contribution in [1.29, 1.82) is 0 Å². The van der Waals surface area contributed by atoms with Gasteiger partial charge >= 0.3 is 0 Å². The van der Waals surface area contributed by atoms with E-state index in [1.54, 1.807) is 7.11 Å². The zero-order valence-corrected chi connectivity index (χ0v) is 12.9. The summed E-state index contributed by atoms with van der Waals surface area (Å²) in [5, 5.41) is 6.56. The minimum Gasteiger partial charge on any atom is -0.383 e. The molecule has 3 unspecified atom stereocenters. The number of nitrogens with one attached hydrogen (secondary N) is 2. The zero-order valence-electron chi connectivity index (χ0n) is 12.9. The van der Waals surface area contributed by atoms with E-state index in [0.717, 1.165) is 19.6 Å². The van der Waals surface area contributed by atoms with E-state index in [1.165, 1.54) is 25.7 Å². The van der Waals surface area contributed by atoms with E-state index in [1.807, 2.05) is 6.92 Å². The van der Waals surface area contributed by atoms with Crippen LogP contribution in [0.15, 0.2) is 0 Å². The maximum absolute atomic E-state index is 12.1. The number of nitrogens with zero attached hydrogens (tertiary/aromatic N) is 1. The molecular formula is C15H29N3O2. The Labute approximate surface area is 122 Å². The van der Waals surface area contributed by atoms with Gasteiger partial charge in [-0.05, 0) is 51.6 Å². The van der Waals surface area contributed by atoms with Gasteiger partial charge in [0.2, 0.25) is 5.91 Å². The third-order valence-electron chi connectivity index (χ3n) is 4.69. The molecule has 2 aliphatic heterocycles. The number of amides is 1. The molecule has 5 nitrogen and oxygen atoms in total. The first-order valence-electron chi connectivity index (χ1n) is 7.96. The molecule has 0 aromatic carbocycles. The highest BCUT2D eigenvalue weighted by Crippen LogP contribution is 2.25. The van der Waals surface area contributed by atoms with Crippen molar-refractivity contribution in [2.45, 2.75) is 44.7 Å². The number of hydrogen-bond donors (Lipinski definition) is 2. The summed E-state index contributed by atoms with van der Waals surface area (Å²) < 4.78 is 4.97. The van der Waals surface area contributed by atoms with E-state index in [9.17, 15) is 4.79 Å². The molecule has 1 amide bonds. The number of carbonyl (C=O) groups excluding carboxylic acids is 1. The van der Waals surface area contributed by atoms with E-state index < -0.39 is 0 Å². The van der Waals surface area contributed by atoms with Crippen LogP contribution in [0.25, 0.3) is 0 Å². The number of likely N-dealkylation sites (tertiary alicyclic amines) is 1. The third kappa shape index (κ3) is 4.17. The van der Waals surface area contributed by atoms with Gasteiger partial charge in [-0.15, -0.1) is 0 Å². The number of piperidine rings is 1. The van der Waals surface area contributed by atoms with Crippen molar-refractivity contribution in [3.05, 3.63) is 0 Å². The van der Waals surface area contributed by atoms with Gasteiger partial charge in [0.25, 0.3) is 0 Å². The second kappa shape index (κ2) is 7.96. The van der Waals surface area contributed by atoms with E-state index in [-0.39, 0.29) is 11.9 Å². The minimum absolute atomic E-state index is 0.0314. The fraction of sp³-hybridized carbons (Fsp3) is 0.933. The van der Waals surface area contributed by atoms with Crippen LogP contribution in [0.4, 0.5) is 0 Å². The molecule has 2 aliphatic rings. The number of hydrogen-bond acceptors (Lipinski definition) is 4. The molecule has 0 spiro atoms. The Kier molecular flexibility index (Phi) is 6.26. The molecule has 0 aliphatic carbocycles. The van der Waals surface area contributed by atoms with Crippen molar-refractivity contribution in [3.8, 4) is 0 Å². The molecule has 5 heteroatoms. The van der Waals surface area contributed by atoms with E-state index in [4.69, 9.17) is 4.74 Å². The molecule has 2 heterocycles. The molecule has 116 valence electrons. The first-order chi connectivity index (χ1) is 9.72. The van der Waals surface area contributed by atoms with Crippen LogP contribution in [0.2, 0.25) is 0 Å². The fourth-order valence-electron chi connectivity index (χ4n) is 3.42. The Balaban J connectivity index is 1.79. The second-order valence-electron chi connectivity index (χ2n) is 6.06. The Morgan fingerprint density at radius 2 is 2.30 bits per heavy atom. The highest BCUT2D eigenvalue weighted by molar-refractivity contribution is 5.81. The normalized spacial score (nSPS) is 29.3. The summed E-state index contributed by atoms with van der Waals surface area (Å²) in [6.45, 7) is 6.45. The molecule has 2 N–H and O–H groups in total. The summed E-state index contributed by atoms with van der Waals surface area (Å²) >= 11 is 0. The van der Waals surface area contributed by atoms with Crippen molar-refractivity contribution in [2.75, 3.05) is 39.9 Å². The summed E-state index contributed by atoms with van der Waals surface area (Å²) in [6, 6.07) is 0.637. The van der Waals surface area contributed by atoms with Gasteiger partial charge < -0.3 is 15.4 Å². The summed E-state index contributed by atoms with van der Waals surface area (Å²) in [6.07, 6.45) is 5.10. The SMILES string of the molecule is COCCNC(=O)C(C)N1CCCC(C2CCCN2)C1. The van der Waals surface area contributed by atoms with Crippen LogP contribution in [0, 0.1) is 5.92 Å². The highest BCUT2D eigenvalue weighted by atomic mass is 16.5. The molecular weight excluding hydrogens is 254 g/mol. The summed E-state index contributed by atoms with van der Waals surface area (Å²) in [4.78, 5) is 14.5. The number of carbonyl (C=O) groups is 1. The van der Waals surface area contributed by atoms with Crippen LogP contribution in [-0.4, -0.2) is 62.8 Å². The lowest BCUT2D eigenvalue weighted by Gasteiger charge is -2.38. The number of ether oxygens (including phenoxy) is 1. The average Bonchev–Trinajstić information content (AvgIpc) is 3.01. The summed E-state index contributed by atoms with van der Waals surface area (Å²) in [5.74, 6) is 0.836. The van der Waals surface area contributed by atoms with E-state index in [2.05, 4.69) is 15.5 Å². The molecule has 20 heavy (non-hydrogen) atoms. The molecule has 2 fully saturated rings. The van der Waals surface area contributed by atoms with Gasteiger partial charge in [-0.1, -0.05) is 0 Å². The lowest BCUT2D eigenvalue weighted by molar-refractivity contribution is -0.126. The molecule has 0 aromatic heterocycles. The van der Waals surface area contributed by atoms with Crippen molar-refractivity contribution < 1.29 is 9.53 Å². The van der Waals surface area contributed by atoms with Crippen LogP contribution in [0.5, 0.6) is 0 Å². The maximum Gasteiger partial charge on any atom is 0.237 e. The van der Waals surface area contributed by atoms with Crippen molar-refractivity contribution in [1.82, 2.24) is 15.5 Å². The number of rotatable bonds is 6. The highest BCUT2D eigenvalue weighted by Gasteiger charge is 2.32. The van der Waals surface area contributed by atoms with Gasteiger partial charge in [-0.25, -0.2) is 0 Å².